The zero-order chi connectivity index (χ0) is 19.6. The van der Waals surface area contributed by atoms with E-state index in [2.05, 4.69) is 73.8 Å². The van der Waals surface area contributed by atoms with Gasteiger partial charge in [0.1, 0.15) is 0 Å². The van der Waals surface area contributed by atoms with E-state index in [1.807, 2.05) is 35.2 Å². The van der Waals surface area contributed by atoms with E-state index in [4.69, 9.17) is 0 Å². The normalized spacial score (nSPS) is 15.7. The van der Waals surface area contributed by atoms with Crippen LogP contribution < -0.4 is 4.90 Å². The van der Waals surface area contributed by atoms with Crippen LogP contribution in [-0.4, -0.2) is 23.5 Å². The number of amides is 1. The summed E-state index contributed by atoms with van der Waals surface area (Å²) in [7, 11) is 0. The Hall–Kier alpha value is -0.430. The van der Waals surface area contributed by atoms with Gasteiger partial charge in [-0.2, -0.15) is 0 Å². The van der Waals surface area contributed by atoms with Crippen LogP contribution in [0.15, 0.2) is 36.4 Å². The van der Waals surface area contributed by atoms with E-state index >= 15 is 0 Å². The molecule has 0 spiro atoms. The minimum atomic E-state index is -0.832. The van der Waals surface area contributed by atoms with Crippen molar-refractivity contribution in [3.05, 3.63) is 58.2 Å². The number of rotatable bonds is 5. The highest BCUT2D eigenvalue weighted by Gasteiger charge is 2.28. The predicted molar refractivity (Wildman–Crippen MR) is 131 cm³/mol. The molecule has 1 N–H and O–H groups in total. The zero-order valence-electron chi connectivity index (χ0n) is 14.4. The number of carboxylic acids is 1. The van der Waals surface area contributed by atoms with Gasteiger partial charge in [0.05, 0.1) is 11.6 Å². The summed E-state index contributed by atoms with van der Waals surface area (Å²) in [5.41, 5.74) is 2.74. The van der Waals surface area contributed by atoms with Gasteiger partial charge in [-0.15, -0.1) is 0 Å². The molecule has 27 heavy (non-hydrogen) atoms. The van der Waals surface area contributed by atoms with E-state index in [0.29, 0.717) is 12.8 Å². The van der Waals surface area contributed by atoms with Crippen LogP contribution in [-0.2, 0) is 16.0 Å². The molecular weight excluding hydrogens is 683 g/mol. The van der Waals surface area contributed by atoms with Crippen LogP contribution in [0.3, 0.4) is 0 Å². The van der Waals surface area contributed by atoms with E-state index in [-0.39, 0.29) is 5.91 Å². The second-order valence-corrected chi connectivity index (χ2v) is 9.89. The lowest BCUT2D eigenvalue weighted by atomic mass is 9.92. The number of hydrogen-bond donors (Lipinski definition) is 1. The maximum Gasteiger partial charge on any atom is 0.311 e. The van der Waals surface area contributed by atoms with Gasteiger partial charge in [-0.3, -0.25) is 9.59 Å². The molecule has 1 unspecified atom stereocenters. The fraction of sp³-hybridized carbons (Fsp3) is 0.300. The largest absolute Gasteiger partial charge is 0.481 e. The van der Waals surface area contributed by atoms with E-state index in [0.717, 1.165) is 46.9 Å². The first kappa shape index (κ1) is 21.3. The molecule has 2 aromatic rings. The van der Waals surface area contributed by atoms with Crippen molar-refractivity contribution < 1.29 is 14.7 Å². The van der Waals surface area contributed by atoms with Crippen molar-refractivity contribution in [3.8, 4) is 0 Å². The van der Waals surface area contributed by atoms with Crippen LogP contribution >= 0.6 is 67.8 Å². The Kier molecular flexibility index (Phi) is 7.39. The Morgan fingerprint density at radius 3 is 2.44 bits per heavy atom. The second kappa shape index (κ2) is 9.38. The molecule has 142 valence electrons. The van der Waals surface area contributed by atoms with Crippen LogP contribution in [0.5, 0.6) is 0 Å². The van der Waals surface area contributed by atoms with Gasteiger partial charge in [-0.25, -0.2) is 0 Å². The number of hydrogen-bond acceptors (Lipinski definition) is 2. The highest BCUT2D eigenvalue weighted by molar-refractivity contribution is 14.1. The fourth-order valence-electron chi connectivity index (χ4n) is 3.33. The molecule has 0 aromatic heterocycles. The van der Waals surface area contributed by atoms with Gasteiger partial charge in [0.2, 0.25) is 5.91 Å². The average Bonchev–Trinajstić information content (AvgIpc) is 2.63. The number of nitrogens with zero attached hydrogens (tertiary/aromatic N) is 1. The minimum Gasteiger partial charge on any atom is -0.481 e. The quantitative estimate of drug-likeness (QED) is 0.424. The molecule has 1 aliphatic heterocycles. The van der Waals surface area contributed by atoms with Crippen LogP contribution in [0.4, 0.5) is 5.69 Å². The molecule has 1 atom stereocenters. The van der Waals surface area contributed by atoms with Gasteiger partial charge in [0, 0.05) is 23.7 Å². The number of aliphatic carboxylic acids is 1. The maximum atomic E-state index is 12.5. The fourth-order valence-corrected chi connectivity index (χ4v) is 7.73. The zero-order valence-corrected chi connectivity index (χ0v) is 20.9. The van der Waals surface area contributed by atoms with Crippen molar-refractivity contribution in [1.29, 1.82) is 0 Å². The van der Waals surface area contributed by atoms with Crippen LogP contribution in [0.2, 0.25) is 0 Å². The molecule has 7 heteroatoms. The highest BCUT2D eigenvalue weighted by atomic mass is 127. The third kappa shape index (κ3) is 4.77. The number of halogens is 3. The summed E-state index contributed by atoms with van der Waals surface area (Å²) < 4.78 is 3.06. The number of carbonyl (C=O) groups excluding carboxylic acids is 1. The summed E-state index contributed by atoms with van der Waals surface area (Å²) in [5.74, 6) is -1.29. The van der Waals surface area contributed by atoms with E-state index in [9.17, 15) is 14.7 Å². The summed E-state index contributed by atoms with van der Waals surface area (Å²) >= 11 is 6.84. The van der Waals surface area contributed by atoms with Crippen molar-refractivity contribution in [2.75, 3.05) is 11.4 Å². The summed E-state index contributed by atoms with van der Waals surface area (Å²) in [4.78, 5) is 26.3. The molecule has 1 saturated heterocycles. The van der Waals surface area contributed by atoms with E-state index in [1.165, 1.54) is 0 Å². The lowest BCUT2D eigenvalue weighted by Crippen LogP contribution is -2.36. The van der Waals surface area contributed by atoms with Crippen LogP contribution in [0, 0.1) is 10.7 Å². The Morgan fingerprint density at radius 1 is 1.11 bits per heavy atom. The second-order valence-electron chi connectivity index (χ2n) is 6.49. The molecule has 2 aromatic carbocycles. The molecule has 0 bridgehead atoms. The monoisotopic (exact) mass is 701 g/mol. The molecule has 0 aliphatic carbocycles. The summed E-state index contributed by atoms with van der Waals surface area (Å²) in [6.07, 6.45) is 2.92. The first-order valence-corrected chi connectivity index (χ1v) is 11.9. The van der Waals surface area contributed by atoms with Gasteiger partial charge in [-0.05, 0) is 104 Å². The predicted octanol–water partition coefficient (Wildman–Crippen LogP) is 5.43. The Balaban J connectivity index is 2.03. The van der Waals surface area contributed by atoms with Gasteiger partial charge in [-0.1, -0.05) is 30.3 Å². The number of carboxylic acid groups (broad SMARTS) is 1. The molecular formula is C20H18I3NO3. The number of benzene rings is 2. The SMILES string of the molecule is O=C(O)C(Cc1c(I)cc(I)c(N2CCCCC2=O)c1I)c1ccccc1. The topological polar surface area (TPSA) is 57.6 Å². The molecule has 0 radical (unpaired) electrons. The van der Waals surface area contributed by atoms with Crippen molar-refractivity contribution in [2.45, 2.75) is 31.6 Å². The first-order valence-electron chi connectivity index (χ1n) is 8.64. The van der Waals surface area contributed by atoms with Gasteiger partial charge < -0.3 is 10.0 Å². The lowest BCUT2D eigenvalue weighted by molar-refractivity contribution is -0.138. The van der Waals surface area contributed by atoms with Gasteiger partial charge >= 0.3 is 5.97 Å². The Bertz CT molecular complexity index is 871. The highest BCUT2D eigenvalue weighted by Crippen LogP contribution is 2.38. The molecule has 1 amide bonds. The van der Waals surface area contributed by atoms with E-state index in [1.54, 1.807) is 0 Å². The summed E-state index contributed by atoms with van der Waals surface area (Å²) in [6, 6.07) is 11.4. The van der Waals surface area contributed by atoms with Crippen molar-refractivity contribution in [3.63, 3.8) is 0 Å². The first-order chi connectivity index (χ1) is 12.9. The van der Waals surface area contributed by atoms with Crippen LogP contribution in [0.25, 0.3) is 0 Å². The van der Waals surface area contributed by atoms with Gasteiger partial charge in [0.25, 0.3) is 0 Å². The maximum absolute atomic E-state index is 12.5. The number of carbonyl (C=O) groups is 2. The molecule has 1 aliphatic rings. The molecule has 0 saturated carbocycles. The standard InChI is InChI=1S/C20H18I3NO3/c21-15-11-16(22)19(24-9-5-4-8-17(24)25)18(23)14(15)10-13(20(26)27)12-6-2-1-3-7-12/h1-3,6-7,11,13H,4-5,8-10H2,(H,26,27). The van der Waals surface area contributed by atoms with Crippen LogP contribution in [0.1, 0.15) is 36.3 Å². The van der Waals surface area contributed by atoms with Crippen molar-refractivity contribution in [2.24, 2.45) is 0 Å². The number of piperidine rings is 1. The van der Waals surface area contributed by atoms with Gasteiger partial charge in [0.15, 0.2) is 0 Å². The molecule has 4 nitrogen and oxygen atoms in total. The lowest BCUT2D eigenvalue weighted by Gasteiger charge is -2.30. The number of anilines is 1. The Morgan fingerprint density at radius 2 is 1.81 bits per heavy atom. The van der Waals surface area contributed by atoms with Crippen molar-refractivity contribution in [1.82, 2.24) is 0 Å². The smallest absolute Gasteiger partial charge is 0.311 e. The molecule has 1 fully saturated rings. The molecule has 1 heterocycles. The minimum absolute atomic E-state index is 0.155. The summed E-state index contributed by atoms with van der Waals surface area (Å²) in [5, 5.41) is 9.81. The van der Waals surface area contributed by atoms with Crippen molar-refractivity contribution >= 4 is 85.3 Å². The van der Waals surface area contributed by atoms with E-state index < -0.39 is 11.9 Å². The third-order valence-electron chi connectivity index (χ3n) is 4.74. The molecule has 3 rings (SSSR count). The average molecular weight is 701 g/mol. The third-order valence-corrected chi connectivity index (χ3v) is 7.69. The Labute approximate surface area is 199 Å². The summed E-state index contributed by atoms with van der Waals surface area (Å²) in [6.45, 7) is 0.728.